The van der Waals surface area contributed by atoms with Crippen LogP contribution >= 0.6 is 61.1 Å². The smallest absolute Gasteiger partial charge is 0.209 e. The van der Waals surface area contributed by atoms with Crippen LogP contribution in [0.1, 0.15) is 51.7 Å². The predicted octanol–water partition coefficient (Wildman–Crippen LogP) is -0.00670. The average molecular weight is 1130 g/mol. The van der Waals surface area contributed by atoms with Crippen molar-refractivity contribution in [2.75, 3.05) is 73.4 Å². The van der Waals surface area contributed by atoms with Crippen LogP contribution in [0.2, 0.25) is 0 Å². The molecule has 47 heavy (non-hydrogen) atoms. The molecule has 0 aromatic heterocycles. The van der Waals surface area contributed by atoms with Crippen molar-refractivity contribution in [3.8, 4) is 0 Å². The van der Waals surface area contributed by atoms with Crippen LogP contribution < -0.4 is 55.8 Å². The summed E-state index contributed by atoms with van der Waals surface area (Å²) in [5.41, 5.74) is 8.13. The highest BCUT2D eigenvalue weighted by molar-refractivity contribution is 14.1. The summed E-state index contributed by atoms with van der Waals surface area (Å²) in [6.07, 6.45) is 11.5. The van der Waals surface area contributed by atoms with Crippen molar-refractivity contribution in [3.63, 3.8) is 0 Å². The number of fused-ring (bicyclic) bond motifs is 2. The molecule has 0 saturated heterocycles. The van der Waals surface area contributed by atoms with Gasteiger partial charge >= 0.3 is 0 Å². The molecule has 10 heteroatoms. The van der Waals surface area contributed by atoms with E-state index in [1.165, 1.54) is 41.1 Å². The topological polar surface area (TPSA) is 6.25 Å². The van der Waals surface area contributed by atoms with Gasteiger partial charge in [0.15, 0.2) is 12.3 Å². The Labute approximate surface area is 352 Å². The van der Waals surface area contributed by atoms with Crippen LogP contribution in [0.25, 0.3) is 0 Å². The Kier molecular flexibility index (Phi) is 17.2. The van der Waals surface area contributed by atoms with Gasteiger partial charge in [-0.1, -0.05) is 29.8 Å². The zero-order valence-corrected chi connectivity index (χ0v) is 40.2. The first-order valence-corrected chi connectivity index (χ1v) is 18.7. The maximum absolute atomic E-state index is 3.93. The highest BCUT2D eigenvalue weighted by Gasteiger charge is 2.44. The molecule has 2 aromatic carbocycles. The lowest BCUT2D eigenvalue weighted by Gasteiger charge is -2.29. The number of allylic oxidation sites excluding steroid dienone is 6. The van der Waals surface area contributed by atoms with E-state index in [2.05, 4.69) is 201 Å². The third-order valence-electron chi connectivity index (χ3n) is 8.93. The number of halogens is 6. The van der Waals surface area contributed by atoms with Gasteiger partial charge in [0.25, 0.3) is 0 Å². The zero-order valence-electron chi connectivity index (χ0n) is 29.6. The van der Waals surface area contributed by atoms with E-state index in [1.807, 2.05) is 0 Å². The van der Waals surface area contributed by atoms with Crippen molar-refractivity contribution in [2.45, 2.75) is 51.4 Å². The SMILES string of the molecule is CC1(C)C(/C=C/C(Br)=C/C=C2/N(CCC[N+](C)(C)C)c3ccc(I)cc3C2(C)C)=[N+](CCC[N+](C)(C)C)c2ccc(I)cc21.[Br-].[Br-].[Br-]. The van der Waals surface area contributed by atoms with Gasteiger partial charge in [0.05, 0.1) is 67.2 Å². The molecule has 0 aliphatic carbocycles. The van der Waals surface area contributed by atoms with Crippen LogP contribution in [0.3, 0.4) is 0 Å². The number of benzene rings is 2. The second-order valence-electron chi connectivity index (χ2n) is 15.4. The second-order valence-corrected chi connectivity index (χ2v) is 18.8. The minimum absolute atomic E-state index is 0. The second kappa shape index (κ2) is 17.8. The third-order valence-corrected chi connectivity index (χ3v) is 10.8. The van der Waals surface area contributed by atoms with E-state index in [0.29, 0.717) is 0 Å². The quantitative estimate of drug-likeness (QED) is 0.133. The Morgan fingerprint density at radius 1 is 0.809 bits per heavy atom. The zero-order chi connectivity index (χ0) is 32.7. The molecule has 2 aliphatic heterocycles. The van der Waals surface area contributed by atoms with Crippen LogP contribution in [-0.2, 0) is 10.8 Å². The van der Waals surface area contributed by atoms with E-state index in [9.17, 15) is 0 Å². The van der Waals surface area contributed by atoms with Crippen molar-refractivity contribution in [1.82, 2.24) is 0 Å². The molecule has 2 aromatic rings. The molecule has 0 atom stereocenters. The molecule has 4 rings (SSSR count). The van der Waals surface area contributed by atoms with Crippen LogP contribution in [-0.4, -0.2) is 87.7 Å². The molecule has 0 N–H and O–H groups in total. The van der Waals surface area contributed by atoms with Gasteiger partial charge in [-0.2, -0.15) is 4.58 Å². The molecule has 0 saturated carbocycles. The molecular formula is C37H52Br4I2N4. The maximum Gasteiger partial charge on any atom is 0.209 e. The van der Waals surface area contributed by atoms with Crippen LogP contribution in [0.4, 0.5) is 11.4 Å². The highest BCUT2D eigenvalue weighted by Crippen LogP contribution is 2.48. The largest absolute Gasteiger partial charge is 1.00 e. The Morgan fingerprint density at radius 2 is 1.36 bits per heavy atom. The van der Waals surface area contributed by atoms with Crippen molar-refractivity contribution >= 4 is 78.2 Å². The van der Waals surface area contributed by atoms with Gasteiger partial charge in [-0.3, -0.25) is 0 Å². The van der Waals surface area contributed by atoms with E-state index in [4.69, 9.17) is 0 Å². The molecule has 0 radical (unpaired) electrons. The maximum atomic E-state index is 3.93. The van der Waals surface area contributed by atoms with Gasteiger partial charge in [0, 0.05) is 59.1 Å². The van der Waals surface area contributed by atoms with Gasteiger partial charge in [-0.25, -0.2) is 0 Å². The van der Waals surface area contributed by atoms with Crippen molar-refractivity contribution in [3.05, 3.63) is 89.1 Å². The molecule has 2 aliphatic rings. The monoisotopic (exact) mass is 1120 g/mol. The fourth-order valence-corrected chi connectivity index (χ4v) is 7.80. The first-order valence-electron chi connectivity index (χ1n) is 15.7. The summed E-state index contributed by atoms with van der Waals surface area (Å²) in [5, 5.41) is 0. The van der Waals surface area contributed by atoms with E-state index >= 15 is 0 Å². The van der Waals surface area contributed by atoms with Gasteiger partial charge in [-0.05, 0) is 113 Å². The molecular weight excluding hydrogens is 1070 g/mol. The first kappa shape index (κ1) is 45.5. The molecule has 0 fully saturated rings. The summed E-state index contributed by atoms with van der Waals surface area (Å²) in [4.78, 5) is 2.56. The number of hydrogen-bond acceptors (Lipinski definition) is 1. The van der Waals surface area contributed by atoms with E-state index in [-0.39, 0.29) is 61.8 Å². The summed E-state index contributed by atoms with van der Waals surface area (Å²) in [7, 11) is 13.7. The summed E-state index contributed by atoms with van der Waals surface area (Å²) >= 11 is 8.82. The van der Waals surface area contributed by atoms with Crippen molar-refractivity contribution < 1.29 is 64.5 Å². The third kappa shape index (κ3) is 11.2. The number of anilines is 1. The summed E-state index contributed by atoms with van der Waals surface area (Å²) in [6, 6.07) is 13.8. The minimum Gasteiger partial charge on any atom is -1.00 e. The number of quaternary nitrogens is 2. The Morgan fingerprint density at radius 3 is 1.96 bits per heavy atom. The number of hydrogen-bond donors (Lipinski definition) is 0. The summed E-state index contributed by atoms with van der Waals surface area (Å²) in [5.74, 6) is 0. The fraction of sp³-hybridized carbons (Fsp3) is 0.486. The average Bonchev–Trinajstić information content (AvgIpc) is 3.22. The molecule has 0 amide bonds. The summed E-state index contributed by atoms with van der Waals surface area (Å²) in [6.45, 7) is 13.8. The molecule has 4 nitrogen and oxygen atoms in total. The van der Waals surface area contributed by atoms with Gasteiger partial charge in [-0.15, -0.1) is 0 Å². The number of nitrogens with zero attached hydrogens (tertiary/aromatic N) is 4. The summed E-state index contributed by atoms with van der Waals surface area (Å²) < 4.78 is 8.19. The van der Waals surface area contributed by atoms with E-state index in [0.717, 1.165) is 52.5 Å². The molecule has 0 unspecified atom stereocenters. The Balaban J connectivity index is 0.00000368. The molecule has 0 spiro atoms. The first-order chi connectivity index (χ1) is 20.3. The predicted molar refractivity (Wildman–Crippen MR) is 211 cm³/mol. The van der Waals surface area contributed by atoms with Gasteiger partial charge in [0.1, 0.15) is 0 Å². The van der Waals surface area contributed by atoms with E-state index in [1.54, 1.807) is 0 Å². The number of rotatable bonds is 11. The molecule has 262 valence electrons. The Hall–Kier alpha value is 0.430. The van der Waals surface area contributed by atoms with Crippen LogP contribution in [0.5, 0.6) is 0 Å². The standard InChI is InChI=1S/C37H52BrI2N4.3BrH/c1-36(2)30-25-28(39)15-17-32(30)41(21-11-23-43(5,6)7)34(36)19-13-27(38)14-20-35-37(3,4)31-26-29(40)16-18-33(31)42(35)22-12-24-44(8,9)10;;;/h13-20,25-26H,11-12,21-24H2,1-10H3;3*1H/q+3;;;/p-3. The molecule has 0 bridgehead atoms. The van der Waals surface area contributed by atoms with Crippen LogP contribution in [0, 0.1) is 7.14 Å². The van der Waals surface area contributed by atoms with Crippen LogP contribution in [0.15, 0.2) is 70.9 Å². The highest BCUT2D eigenvalue weighted by atomic mass is 127. The fourth-order valence-electron chi connectivity index (χ4n) is 6.56. The minimum atomic E-state index is -0.0655. The van der Waals surface area contributed by atoms with Crippen molar-refractivity contribution in [2.24, 2.45) is 0 Å². The lowest BCUT2D eigenvalue weighted by atomic mass is 9.81. The van der Waals surface area contributed by atoms with Crippen molar-refractivity contribution in [1.29, 1.82) is 0 Å². The van der Waals surface area contributed by atoms with E-state index < -0.39 is 0 Å². The van der Waals surface area contributed by atoms with Gasteiger partial charge < -0.3 is 64.8 Å². The Bertz CT molecular complexity index is 1530. The lowest BCUT2D eigenvalue weighted by molar-refractivity contribution is -0.871. The normalized spacial score (nSPS) is 17.8. The lowest BCUT2D eigenvalue weighted by Crippen LogP contribution is -3.00. The molecule has 2 heterocycles. The van der Waals surface area contributed by atoms with Gasteiger partial charge in [0.2, 0.25) is 5.69 Å².